The quantitative estimate of drug-likeness (QED) is 0.846. The third kappa shape index (κ3) is 2.30. The van der Waals surface area contributed by atoms with Gasteiger partial charge in [-0.15, -0.1) is 0 Å². The van der Waals surface area contributed by atoms with Crippen LogP contribution in [0.25, 0.3) is 0 Å². The Morgan fingerprint density at radius 3 is 2.86 bits per heavy atom. The molecule has 1 aromatic heterocycles. The average Bonchev–Trinajstić information content (AvgIpc) is 2.97. The number of piperazine rings is 1. The molecule has 5 nitrogen and oxygen atoms in total. The molecule has 2 saturated heterocycles. The number of aryl methyl sites for hydroxylation is 1. The number of pyridine rings is 1. The summed E-state index contributed by atoms with van der Waals surface area (Å²) in [6.07, 6.45) is 4.11. The van der Waals surface area contributed by atoms with Crippen LogP contribution in [0.15, 0.2) is 18.3 Å². The Morgan fingerprint density at radius 1 is 1.33 bits per heavy atom. The molecule has 2 atom stereocenters. The number of fused-ring (bicyclic) bond motifs is 1. The molecule has 2 aliphatic heterocycles. The third-order valence-electron chi connectivity index (χ3n) is 4.59. The van der Waals surface area contributed by atoms with Gasteiger partial charge < -0.3 is 9.80 Å². The first-order chi connectivity index (χ1) is 10.1. The topological polar surface area (TPSA) is 53.5 Å². The van der Waals surface area contributed by atoms with Crippen LogP contribution in [0.5, 0.6) is 0 Å². The largest absolute Gasteiger partial charge is 0.329 e. The zero-order chi connectivity index (χ0) is 15.0. The second-order valence-electron chi connectivity index (χ2n) is 5.85. The van der Waals surface area contributed by atoms with Crippen molar-refractivity contribution in [2.24, 2.45) is 0 Å². The summed E-state index contributed by atoms with van der Waals surface area (Å²) >= 11 is 0. The second-order valence-corrected chi connectivity index (χ2v) is 5.85. The minimum atomic E-state index is -0.340. The van der Waals surface area contributed by atoms with Crippen LogP contribution >= 0.6 is 0 Å². The van der Waals surface area contributed by atoms with Crippen LogP contribution in [0, 0.1) is 6.92 Å². The van der Waals surface area contributed by atoms with Gasteiger partial charge in [0.2, 0.25) is 11.8 Å². The van der Waals surface area contributed by atoms with Crippen molar-refractivity contribution in [1.82, 2.24) is 14.8 Å². The normalized spacial score (nSPS) is 25.4. The number of carbonyl (C=O) groups is 2. The molecule has 2 aliphatic rings. The van der Waals surface area contributed by atoms with Gasteiger partial charge in [-0.1, -0.05) is 13.0 Å². The highest BCUT2D eigenvalue weighted by molar-refractivity contribution is 5.97. The Labute approximate surface area is 124 Å². The van der Waals surface area contributed by atoms with Gasteiger partial charge in [-0.05, 0) is 37.8 Å². The Hall–Kier alpha value is -1.91. The zero-order valence-electron chi connectivity index (χ0n) is 12.6. The van der Waals surface area contributed by atoms with Crippen molar-refractivity contribution in [3.8, 4) is 0 Å². The Bertz CT molecular complexity index is 572. The lowest BCUT2D eigenvalue weighted by Gasteiger charge is -2.42. The lowest BCUT2D eigenvalue weighted by atomic mass is 10.0. The molecule has 2 fully saturated rings. The fourth-order valence-electron chi connectivity index (χ4n) is 3.39. The molecule has 1 aromatic rings. The zero-order valence-corrected chi connectivity index (χ0v) is 12.6. The van der Waals surface area contributed by atoms with Crippen LogP contribution in [0.2, 0.25) is 0 Å². The molecule has 0 radical (unpaired) electrons. The van der Waals surface area contributed by atoms with Crippen molar-refractivity contribution in [1.29, 1.82) is 0 Å². The van der Waals surface area contributed by atoms with Crippen LogP contribution in [-0.4, -0.2) is 45.2 Å². The summed E-state index contributed by atoms with van der Waals surface area (Å²) in [6, 6.07) is 3.29. The van der Waals surface area contributed by atoms with Gasteiger partial charge in [0.05, 0.1) is 12.2 Å². The highest BCUT2D eigenvalue weighted by Crippen LogP contribution is 2.29. The fraction of sp³-hybridized carbons (Fsp3) is 0.562. The first-order valence-corrected chi connectivity index (χ1v) is 7.65. The molecule has 0 N–H and O–H groups in total. The smallest absolute Gasteiger partial charge is 0.246 e. The predicted octanol–water partition coefficient (Wildman–Crippen LogP) is 1.50. The maximum atomic E-state index is 12.7. The Balaban J connectivity index is 1.90. The van der Waals surface area contributed by atoms with Crippen molar-refractivity contribution in [2.75, 3.05) is 6.54 Å². The van der Waals surface area contributed by atoms with E-state index in [1.54, 1.807) is 16.0 Å². The van der Waals surface area contributed by atoms with Crippen LogP contribution in [0.3, 0.4) is 0 Å². The van der Waals surface area contributed by atoms with Gasteiger partial charge in [0.1, 0.15) is 12.1 Å². The van der Waals surface area contributed by atoms with E-state index in [-0.39, 0.29) is 23.9 Å². The van der Waals surface area contributed by atoms with E-state index in [9.17, 15) is 9.59 Å². The molecule has 2 unspecified atom stereocenters. The minimum absolute atomic E-state index is 0.0870. The molecule has 21 heavy (non-hydrogen) atoms. The van der Waals surface area contributed by atoms with Crippen molar-refractivity contribution in [3.05, 3.63) is 29.6 Å². The molecule has 0 spiro atoms. The molecule has 3 heterocycles. The number of rotatable bonds is 3. The van der Waals surface area contributed by atoms with E-state index in [0.717, 1.165) is 30.6 Å². The predicted molar refractivity (Wildman–Crippen MR) is 78.3 cm³/mol. The van der Waals surface area contributed by atoms with Gasteiger partial charge in [0, 0.05) is 12.7 Å². The highest BCUT2D eigenvalue weighted by Gasteiger charge is 2.46. The molecule has 0 bridgehead atoms. The molecule has 3 rings (SSSR count). The lowest BCUT2D eigenvalue weighted by molar-refractivity contribution is -0.160. The fourth-order valence-corrected chi connectivity index (χ4v) is 3.39. The minimum Gasteiger partial charge on any atom is -0.329 e. The van der Waals surface area contributed by atoms with E-state index >= 15 is 0 Å². The molecular formula is C16H21N3O2. The van der Waals surface area contributed by atoms with Crippen molar-refractivity contribution >= 4 is 11.8 Å². The van der Waals surface area contributed by atoms with Crippen LogP contribution < -0.4 is 0 Å². The average molecular weight is 287 g/mol. The van der Waals surface area contributed by atoms with Gasteiger partial charge >= 0.3 is 0 Å². The van der Waals surface area contributed by atoms with E-state index in [4.69, 9.17) is 0 Å². The molecular weight excluding hydrogens is 266 g/mol. The lowest BCUT2D eigenvalue weighted by Crippen LogP contribution is -2.62. The maximum absolute atomic E-state index is 12.7. The van der Waals surface area contributed by atoms with Gasteiger partial charge in [0.25, 0.3) is 0 Å². The van der Waals surface area contributed by atoms with E-state index in [0.29, 0.717) is 13.0 Å². The highest BCUT2D eigenvalue weighted by atomic mass is 16.2. The summed E-state index contributed by atoms with van der Waals surface area (Å²) in [5, 5.41) is 0. The summed E-state index contributed by atoms with van der Waals surface area (Å²) < 4.78 is 0. The molecule has 0 saturated carbocycles. The second kappa shape index (κ2) is 5.47. The molecule has 0 aromatic carbocycles. The van der Waals surface area contributed by atoms with Crippen LogP contribution in [0.4, 0.5) is 0 Å². The number of aromatic nitrogens is 1. The first kappa shape index (κ1) is 14.0. The molecule has 0 aliphatic carbocycles. The van der Waals surface area contributed by atoms with E-state index < -0.39 is 0 Å². The first-order valence-electron chi connectivity index (χ1n) is 7.65. The summed E-state index contributed by atoms with van der Waals surface area (Å²) in [7, 11) is 0. The molecule has 5 heteroatoms. The standard InChI is InChI=1S/C16H21N3O2/c1-3-13-15(20)18-9-5-7-14(18)16(21)19(13)10-12-11(2)6-4-8-17-12/h4,6,8,13-14H,3,5,7,9-10H2,1-2H3. The maximum Gasteiger partial charge on any atom is 0.246 e. The molecule has 2 amide bonds. The summed E-state index contributed by atoms with van der Waals surface area (Å²) in [6.45, 7) is 5.11. The Morgan fingerprint density at radius 2 is 2.14 bits per heavy atom. The monoisotopic (exact) mass is 287 g/mol. The van der Waals surface area contributed by atoms with Crippen molar-refractivity contribution in [3.63, 3.8) is 0 Å². The van der Waals surface area contributed by atoms with Gasteiger partial charge in [-0.2, -0.15) is 0 Å². The third-order valence-corrected chi connectivity index (χ3v) is 4.59. The number of amides is 2. The number of nitrogens with zero attached hydrogens (tertiary/aromatic N) is 3. The van der Waals surface area contributed by atoms with Crippen LogP contribution in [0.1, 0.15) is 37.4 Å². The van der Waals surface area contributed by atoms with Crippen molar-refractivity contribution < 1.29 is 9.59 Å². The Kier molecular flexibility index (Phi) is 3.66. The SMILES string of the molecule is CCC1C(=O)N2CCCC2C(=O)N1Cc1ncccc1C. The summed E-state index contributed by atoms with van der Waals surface area (Å²) in [5.74, 6) is 0.192. The van der Waals surface area contributed by atoms with Crippen LogP contribution in [-0.2, 0) is 16.1 Å². The van der Waals surface area contributed by atoms with E-state index in [1.807, 2.05) is 26.0 Å². The van der Waals surface area contributed by atoms with Gasteiger partial charge in [-0.25, -0.2) is 0 Å². The number of hydrogen-bond donors (Lipinski definition) is 0. The van der Waals surface area contributed by atoms with Crippen molar-refractivity contribution in [2.45, 2.75) is 51.7 Å². The number of hydrogen-bond acceptors (Lipinski definition) is 3. The van der Waals surface area contributed by atoms with E-state index in [2.05, 4.69) is 4.98 Å². The summed E-state index contributed by atoms with van der Waals surface area (Å²) in [4.78, 5) is 33.2. The van der Waals surface area contributed by atoms with Gasteiger partial charge in [0.15, 0.2) is 0 Å². The van der Waals surface area contributed by atoms with E-state index in [1.165, 1.54) is 0 Å². The summed E-state index contributed by atoms with van der Waals surface area (Å²) in [5.41, 5.74) is 1.94. The molecule has 112 valence electrons. The number of carbonyl (C=O) groups excluding carboxylic acids is 2. The van der Waals surface area contributed by atoms with Gasteiger partial charge in [-0.3, -0.25) is 14.6 Å².